The van der Waals surface area contributed by atoms with Gasteiger partial charge in [0.2, 0.25) is 0 Å². The van der Waals surface area contributed by atoms with Crippen LogP contribution < -0.4 is 4.90 Å². The molecule has 0 fully saturated rings. The standard InChI is InChI=1S/C24H21FN4/c1-15-3-6-23-21(9-15)24(28-14-27-23)29-8-7-22-18(13-29)10-17(12-26-22)20-11-19(25)5-4-16(20)2/h3-6,9-12,14H,7-8,13H2,1-2H3. The largest absolute Gasteiger partial charge is 0.351 e. The normalized spacial score (nSPS) is 13.6. The van der Waals surface area contributed by atoms with Gasteiger partial charge in [0.15, 0.2) is 0 Å². The van der Waals surface area contributed by atoms with E-state index in [4.69, 9.17) is 0 Å². The molecule has 0 radical (unpaired) electrons. The van der Waals surface area contributed by atoms with Gasteiger partial charge in [0.05, 0.1) is 5.52 Å². The maximum atomic E-state index is 13.8. The summed E-state index contributed by atoms with van der Waals surface area (Å²) in [6, 6.07) is 13.3. The van der Waals surface area contributed by atoms with Gasteiger partial charge in [0, 0.05) is 42.4 Å². The molecule has 144 valence electrons. The molecule has 5 heteroatoms. The van der Waals surface area contributed by atoms with Gasteiger partial charge in [-0.3, -0.25) is 4.98 Å². The molecule has 0 bridgehead atoms. The van der Waals surface area contributed by atoms with E-state index in [0.29, 0.717) is 0 Å². The third-order valence-corrected chi connectivity index (χ3v) is 5.62. The fraction of sp³-hybridized carbons (Fsp3) is 0.208. The SMILES string of the molecule is Cc1ccc2ncnc(N3CCc4ncc(-c5cc(F)ccc5C)cc4C3)c2c1. The number of fused-ring (bicyclic) bond motifs is 2. The molecule has 0 spiro atoms. The second kappa shape index (κ2) is 6.92. The van der Waals surface area contributed by atoms with E-state index in [1.165, 1.54) is 11.6 Å². The molecule has 0 unspecified atom stereocenters. The van der Waals surface area contributed by atoms with E-state index in [1.54, 1.807) is 12.4 Å². The first-order valence-corrected chi connectivity index (χ1v) is 9.79. The molecular formula is C24H21FN4. The molecule has 0 saturated heterocycles. The number of aryl methyl sites for hydroxylation is 2. The number of hydrogen-bond acceptors (Lipinski definition) is 4. The van der Waals surface area contributed by atoms with Crippen molar-refractivity contribution in [2.75, 3.05) is 11.4 Å². The molecule has 0 amide bonds. The third-order valence-electron chi connectivity index (χ3n) is 5.62. The van der Waals surface area contributed by atoms with Crippen molar-refractivity contribution in [1.29, 1.82) is 0 Å². The summed E-state index contributed by atoms with van der Waals surface area (Å²) in [4.78, 5) is 16.0. The smallest absolute Gasteiger partial charge is 0.140 e. The van der Waals surface area contributed by atoms with E-state index >= 15 is 0 Å². The average molecular weight is 384 g/mol. The highest BCUT2D eigenvalue weighted by Gasteiger charge is 2.21. The molecule has 0 atom stereocenters. The summed E-state index contributed by atoms with van der Waals surface area (Å²) < 4.78 is 13.8. The Morgan fingerprint density at radius 3 is 2.76 bits per heavy atom. The molecule has 0 N–H and O–H groups in total. The third kappa shape index (κ3) is 3.23. The van der Waals surface area contributed by atoms with Crippen molar-refractivity contribution in [1.82, 2.24) is 15.0 Å². The average Bonchev–Trinajstić information content (AvgIpc) is 2.74. The van der Waals surface area contributed by atoms with Crippen molar-refractivity contribution in [3.63, 3.8) is 0 Å². The van der Waals surface area contributed by atoms with Gasteiger partial charge in [0.25, 0.3) is 0 Å². The van der Waals surface area contributed by atoms with Crippen molar-refractivity contribution >= 4 is 16.7 Å². The monoisotopic (exact) mass is 384 g/mol. The second-order valence-electron chi connectivity index (χ2n) is 7.68. The lowest BCUT2D eigenvalue weighted by molar-refractivity contribution is 0.628. The van der Waals surface area contributed by atoms with Gasteiger partial charge < -0.3 is 4.90 Å². The van der Waals surface area contributed by atoms with Crippen LogP contribution in [-0.2, 0) is 13.0 Å². The molecule has 0 aliphatic carbocycles. The summed E-state index contributed by atoms with van der Waals surface area (Å²) in [5.74, 6) is 0.726. The zero-order chi connectivity index (χ0) is 20.0. The van der Waals surface area contributed by atoms with Crippen molar-refractivity contribution in [2.45, 2.75) is 26.8 Å². The quantitative estimate of drug-likeness (QED) is 0.487. The lowest BCUT2D eigenvalue weighted by Gasteiger charge is -2.30. The molecule has 2 aromatic heterocycles. The summed E-state index contributed by atoms with van der Waals surface area (Å²) in [5, 5.41) is 1.07. The van der Waals surface area contributed by atoms with Crippen LogP contribution in [0.15, 0.2) is 55.0 Å². The fourth-order valence-corrected chi connectivity index (χ4v) is 4.07. The molecule has 1 aliphatic heterocycles. The number of pyridine rings is 1. The molecule has 1 aliphatic rings. The summed E-state index contributed by atoms with van der Waals surface area (Å²) in [6.07, 6.45) is 4.35. The Balaban J connectivity index is 1.54. The van der Waals surface area contributed by atoms with E-state index < -0.39 is 0 Å². The van der Waals surface area contributed by atoms with Crippen LogP contribution in [0, 0.1) is 19.7 Å². The maximum absolute atomic E-state index is 13.8. The van der Waals surface area contributed by atoms with Crippen LogP contribution in [0.25, 0.3) is 22.0 Å². The van der Waals surface area contributed by atoms with E-state index in [9.17, 15) is 4.39 Å². The molecule has 2 aromatic carbocycles. The molecular weight excluding hydrogens is 363 g/mol. The number of benzene rings is 2. The summed E-state index contributed by atoms with van der Waals surface area (Å²) >= 11 is 0. The molecule has 0 saturated carbocycles. The maximum Gasteiger partial charge on any atom is 0.140 e. The van der Waals surface area contributed by atoms with Crippen molar-refractivity contribution in [3.05, 3.63) is 83.2 Å². The topological polar surface area (TPSA) is 41.9 Å². The molecule has 5 rings (SSSR count). The minimum absolute atomic E-state index is 0.229. The molecule has 3 heterocycles. The summed E-state index contributed by atoms with van der Waals surface area (Å²) in [5.41, 5.74) is 7.29. The Hall–Kier alpha value is -3.34. The number of rotatable bonds is 2. The molecule has 29 heavy (non-hydrogen) atoms. The zero-order valence-corrected chi connectivity index (χ0v) is 16.5. The first-order valence-electron chi connectivity index (χ1n) is 9.79. The van der Waals surface area contributed by atoms with Gasteiger partial charge >= 0.3 is 0 Å². The molecule has 4 nitrogen and oxygen atoms in total. The highest BCUT2D eigenvalue weighted by atomic mass is 19.1. The van der Waals surface area contributed by atoms with Gasteiger partial charge in [-0.15, -0.1) is 0 Å². The van der Waals surface area contributed by atoms with Crippen LogP contribution in [0.1, 0.15) is 22.4 Å². The number of halogens is 1. The van der Waals surface area contributed by atoms with E-state index in [0.717, 1.165) is 64.2 Å². The Bertz CT molecular complexity index is 1230. The summed E-state index contributed by atoms with van der Waals surface area (Å²) in [6.45, 7) is 5.66. The van der Waals surface area contributed by atoms with Crippen molar-refractivity contribution < 1.29 is 4.39 Å². The van der Waals surface area contributed by atoms with Gasteiger partial charge in [-0.1, -0.05) is 17.7 Å². The fourth-order valence-electron chi connectivity index (χ4n) is 4.07. The number of anilines is 1. The van der Waals surface area contributed by atoms with Gasteiger partial charge in [-0.2, -0.15) is 0 Å². The van der Waals surface area contributed by atoms with Crippen LogP contribution in [0.4, 0.5) is 10.2 Å². The summed E-state index contributed by atoms with van der Waals surface area (Å²) in [7, 11) is 0. The predicted octanol–water partition coefficient (Wildman–Crippen LogP) is 5.01. The van der Waals surface area contributed by atoms with Gasteiger partial charge in [-0.05, 0) is 60.9 Å². The van der Waals surface area contributed by atoms with E-state index in [2.05, 4.69) is 45.0 Å². The van der Waals surface area contributed by atoms with Crippen molar-refractivity contribution in [2.24, 2.45) is 0 Å². The van der Waals surface area contributed by atoms with Crippen LogP contribution in [0.3, 0.4) is 0 Å². The lowest BCUT2D eigenvalue weighted by Crippen LogP contribution is -2.31. The minimum atomic E-state index is -0.229. The predicted molar refractivity (Wildman–Crippen MR) is 113 cm³/mol. The Kier molecular flexibility index (Phi) is 4.23. The minimum Gasteiger partial charge on any atom is -0.351 e. The Labute approximate surface area is 169 Å². The zero-order valence-electron chi connectivity index (χ0n) is 16.5. The second-order valence-corrected chi connectivity index (χ2v) is 7.68. The highest BCUT2D eigenvalue weighted by molar-refractivity contribution is 5.90. The van der Waals surface area contributed by atoms with Crippen LogP contribution in [-0.4, -0.2) is 21.5 Å². The van der Waals surface area contributed by atoms with Gasteiger partial charge in [-0.25, -0.2) is 14.4 Å². The van der Waals surface area contributed by atoms with E-state index in [-0.39, 0.29) is 5.82 Å². The number of nitrogens with zero attached hydrogens (tertiary/aromatic N) is 4. The Morgan fingerprint density at radius 2 is 1.86 bits per heavy atom. The molecule has 4 aromatic rings. The van der Waals surface area contributed by atoms with E-state index in [1.807, 2.05) is 25.3 Å². The first-order chi connectivity index (χ1) is 14.1. The number of hydrogen-bond donors (Lipinski definition) is 0. The van der Waals surface area contributed by atoms with Gasteiger partial charge in [0.1, 0.15) is 18.0 Å². The van der Waals surface area contributed by atoms with Crippen LogP contribution in [0.5, 0.6) is 0 Å². The first kappa shape index (κ1) is 17.7. The Morgan fingerprint density at radius 1 is 0.966 bits per heavy atom. The van der Waals surface area contributed by atoms with Crippen LogP contribution in [0.2, 0.25) is 0 Å². The van der Waals surface area contributed by atoms with Crippen LogP contribution >= 0.6 is 0 Å². The number of aromatic nitrogens is 3. The lowest BCUT2D eigenvalue weighted by atomic mass is 9.97. The van der Waals surface area contributed by atoms with Crippen molar-refractivity contribution in [3.8, 4) is 11.1 Å². The highest BCUT2D eigenvalue weighted by Crippen LogP contribution is 2.31.